The lowest BCUT2D eigenvalue weighted by molar-refractivity contribution is -0.122. The Balaban J connectivity index is 2.38. The van der Waals surface area contributed by atoms with Crippen LogP contribution in [0.5, 0.6) is 0 Å². The molecule has 0 aromatic rings. The van der Waals surface area contributed by atoms with Crippen molar-refractivity contribution in [2.45, 2.75) is 44.9 Å². The molecule has 0 aliphatic heterocycles. The van der Waals surface area contributed by atoms with Gasteiger partial charge in [-0.15, -0.1) is 0 Å². The molecule has 0 radical (unpaired) electrons. The van der Waals surface area contributed by atoms with Crippen LogP contribution in [-0.4, -0.2) is 5.78 Å². The summed E-state index contributed by atoms with van der Waals surface area (Å²) in [5.41, 5.74) is 0. The van der Waals surface area contributed by atoms with Gasteiger partial charge in [0.05, 0.1) is 12.5 Å². The average molecular weight is 165 g/mol. The summed E-state index contributed by atoms with van der Waals surface area (Å²) in [5, 5.41) is 8.37. The number of carbonyl (C=O) groups is 1. The Labute approximate surface area is 73.6 Å². The Hall–Kier alpha value is -0.840. The van der Waals surface area contributed by atoms with E-state index >= 15 is 0 Å². The van der Waals surface area contributed by atoms with E-state index in [4.69, 9.17) is 5.26 Å². The van der Waals surface area contributed by atoms with Gasteiger partial charge in [-0.1, -0.05) is 25.7 Å². The molecular formula is C10H15NO. The number of nitriles is 1. The number of ketones is 1. The molecule has 1 aliphatic carbocycles. The first-order valence-corrected chi connectivity index (χ1v) is 4.74. The van der Waals surface area contributed by atoms with Crippen LogP contribution in [0.15, 0.2) is 0 Å². The maximum atomic E-state index is 11.3. The van der Waals surface area contributed by atoms with E-state index in [-0.39, 0.29) is 18.1 Å². The van der Waals surface area contributed by atoms with Crippen LogP contribution >= 0.6 is 0 Å². The lowest BCUT2D eigenvalue weighted by Gasteiger charge is -2.09. The fourth-order valence-electron chi connectivity index (χ4n) is 1.82. The third-order valence-electron chi connectivity index (χ3n) is 2.56. The molecule has 1 aliphatic rings. The summed E-state index contributed by atoms with van der Waals surface area (Å²) < 4.78 is 0. The lowest BCUT2D eigenvalue weighted by atomic mass is 9.94. The largest absolute Gasteiger partial charge is 0.298 e. The molecule has 0 unspecified atom stereocenters. The van der Waals surface area contributed by atoms with Crippen molar-refractivity contribution in [1.29, 1.82) is 5.26 Å². The molecule has 12 heavy (non-hydrogen) atoms. The van der Waals surface area contributed by atoms with Gasteiger partial charge in [0, 0.05) is 5.92 Å². The van der Waals surface area contributed by atoms with Gasteiger partial charge in [0.1, 0.15) is 5.78 Å². The Bertz CT molecular complexity index is 185. The fraction of sp³-hybridized carbons (Fsp3) is 0.800. The first kappa shape index (κ1) is 9.25. The summed E-state index contributed by atoms with van der Waals surface area (Å²) in [6.45, 7) is 0. The van der Waals surface area contributed by atoms with E-state index in [1.807, 2.05) is 6.07 Å². The van der Waals surface area contributed by atoms with Crippen LogP contribution in [0.1, 0.15) is 44.9 Å². The van der Waals surface area contributed by atoms with Gasteiger partial charge in [0.15, 0.2) is 0 Å². The molecule has 0 bridgehead atoms. The van der Waals surface area contributed by atoms with Gasteiger partial charge >= 0.3 is 0 Å². The molecular weight excluding hydrogens is 150 g/mol. The molecule has 1 fully saturated rings. The highest BCUT2D eigenvalue weighted by molar-refractivity contribution is 5.82. The first-order valence-electron chi connectivity index (χ1n) is 4.74. The van der Waals surface area contributed by atoms with Crippen molar-refractivity contribution >= 4 is 5.78 Å². The number of rotatable bonds is 2. The minimum Gasteiger partial charge on any atom is -0.298 e. The van der Waals surface area contributed by atoms with Crippen LogP contribution < -0.4 is 0 Å². The Morgan fingerprint density at radius 2 is 1.83 bits per heavy atom. The van der Waals surface area contributed by atoms with E-state index in [0.717, 1.165) is 12.8 Å². The summed E-state index contributed by atoms with van der Waals surface area (Å²) in [6, 6.07) is 1.94. The Morgan fingerprint density at radius 3 is 2.33 bits per heavy atom. The number of nitrogens with zero attached hydrogens (tertiary/aromatic N) is 1. The second-order valence-electron chi connectivity index (χ2n) is 3.49. The third-order valence-corrected chi connectivity index (χ3v) is 2.56. The molecule has 0 aromatic carbocycles. The van der Waals surface area contributed by atoms with Gasteiger partial charge in [-0.25, -0.2) is 0 Å². The highest BCUT2D eigenvalue weighted by Crippen LogP contribution is 2.24. The number of Topliss-reactive ketones (excluding diaryl/α,β-unsaturated/α-hetero) is 1. The van der Waals surface area contributed by atoms with E-state index in [1.54, 1.807) is 0 Å². The van der Waals surface area contributed by atoms with Crippen LogP contribution in [0.3, 0.4) is 0 Å². The summed E-state index contributed by atoms with van der Waals surface area (Å²) in [6.07, 6.45) is 7.00. The number of carbonyl (C=O) groups excluding carboxylic acids is 1. The van der Waals surface area contributed by atoms with Gasteiger partial charge in [-0.2, -0.15) is 5.26 Å². The molecule has 0 aromatic heterocycles. The van der Waals surface area contributed by atoms with Crippen molar-refractivity contribution in [3.05, 3.63) is 0 Å². The molecule has 1 saturated carbocycles. The van der Waals surface area contributed by atoms with Gasteiger partial charge in [0.2, 0.25) is 0 Å². The molecule has 0 spiro atoms. The summed E-state index contributed by atoms with van der Waals surface area (Å²) in [7, 11) is 0. The summed E-state index contributed by atoms with van der Waals surface area (Å²) >= 11 is 0. The van der Waals surface area contributed by atoms with E-state index in [0.29, 0.717) is 0 Å². The highest BCUT2D eigenvalue weighted by Gasteiger charge is 2.18. The van der Waals surface area contributed by atoms with Crippen LogP contribution in [0, 0.1) is 17.2 Å². The zero-order valence-electron chi connectivity index (χ0n) is 7.38. The topological polar surface area (TPSA) is 40.9 Å². The SMILES string of the molecule is N#CCC(=O)C1CCCCCC1. The van der Waals surface area contributed by atoms with Crippen LogP contribution in [0.4, 0.5) is 0 Å². The molecule has 66 valence electrons. The van der Waals surface area contributed by atoms with Crippen LogP contribution in [0.25, 0.3) is 0 Å². The fourth-order valence-corrected chi connectivity index (χ4v) is 1.82. The minimum atomic E-state index is 0.116. The van der Waals surface area contributed by atoms with E-state index in [1.165, 1.54) is 25.7 Å². The Kier molecular flexibility index (Phi) is 3.79. The van der Waals surface area contributed by atoms with Crippen LogP contribution in [0.2, 0.25) is 0 Å². The molecule has 2 heteroatoms. The zero-order valence-corrected chi connectivity index (χ0v) is 7.38. The van der Waals surface area contributed by atoms with Crippen molar-refractivity contribution in [2.24, 2.45) is 5.92 Å². The average Bonchev–Trinajstić information content (AvgIpc) is 2.32. The van der Waals surface area contributed by atoms with E-state index in [2.05, 4.69) is 0 Å². The summed E-state index contributed by atoms with van der Waals surface area (Å²) in [5.74, 6) is 0.367. The molecule has 0 amide bonds. The second-order valence-corrected chi connectivity index (χ2v) is 3.49. The lowest BCUT2D eigenvalue weighted by Crippen LogP contribution is -2.12. The minimum absolute atomic E-state index is 0.116. The number of hydrogen-bond acceptors (Lipinski definition) is 2. The van der Waals surface area contributed by atoms with E-state index < -0.39 is 0 Å². The quantitative estimate of drug-likeness (QED) is 0.589. The maximum Gasteiger partial charge on any atom is 0.149 e. The molecule has 1 rings (SSSR count). The summed E-state index contributed by atoms with van der Waals surface area (Å²) in [4.78, 5) is 11.3. The standard InChI is InChI=1S/C10H15NO/c11-8-7-10(12)9-5-3-1-2-4-6-9/h9H,1-7H2. The second kappa shape index (κ2) is 4.92. The molecule has 0 heterocycles. The monoisotopic (exact) mass is 165 g/mol. The normalized spacial score (nSPS) is 19.6. The van der Waals surface area contributed by atoms with Crippen LogP contribution in [-0.2, 0) is 4.79 Å². The van der Waals surface area contributed by atoms with Crippen molar-refractivity contribution < 1.29 is 4.79 Å². The number of hydrogen-bond donors (Lipinski definition) is 0. The third kappa shape index (κ3) is 2.65. The predicted octanol–water partition coefficient (Wildman–Crippen LogP) is 2.44. The van der Waals surface area contributed by atoms with Crippen molar-refractivity contribution in [2.75, 3.05) is 0 Å². The molecule has 0 N–H and O–H groups in total. The zero-order chi connectivity index (χ0) is 8.81. The van der Waals surface area contributed by atoms with Crippen molar-refractivity contribution in [1.82, 2.24) is 0 Å². The van der Waals surface area contributed by atoms with Gasteiger partial charge < -0.3 is 0 Å². The first-order chi connectivity index (χ1) is 5.84. The van der Waals surface area contributed by atoms with Crippen molar-refractivity contribution in [3.8, 4) is 6.07 Å². The van der Waals surface area contributed by atoms with Crippen molar-refractivity contribution in [3.63, 3.8) is 0 Å². The highest BCUT2D eigenvalue weighted by atomic mass is 16.1. The van der Waals surface area contributed by atoms with E-state index in [9.17, 15) is 4.79 Å². The molecule has 0 saturated heterocycles. The van der Waals surface area contributed by atoms with Gasteiger partial charge in [-0.3, -0.25) is 4.79 Å². The van der Waals surface area contributed by atoms with Gasteiger partial charge in [-0.05, 0) is 12.8 Å². The smallest absolute Gasteiger partial charge is 0.149 e. The molecule has 2 nitrogen and oxygen atoms in total. The maximum absolute atomic E-state index is 11.3. The molecule has 0 atom stereocenters. The van der Waals surface area contributed by atoms with Gasteiger partial charge in [0.25, 0.3) is 0 Å². The predicted molar refractivity (Wildman–Crippen MR) is 46.4 cm³/mol. The Morgan fingerprint density at radius 1 is 1.25 bits per heavy atom.